The van der Waals surface area contributed by atoms with Crippen molar-refractivity contribution < 1.29 is 9.59 Å². The molecule has 0 bridgehead atoms. The van der Waals surface area contributed by atoms with Crippen molar-refractivity contribution in [3.05, 3.63) is 0 Å². The summed E-state index contributed by atoms with van der Waals surface area (Å²) in [4.78, 5) is 27.1. The first kappa shape index (κ1) is 17.2. The number of rotatable bonds is 10. The van der Waals surface area contributed by atoms with Crippen molar-refractivity contribution in [2.45, 2.75) is 77.3 Å². The van der Waals surface area contributed by atoms with Crippen LogP contribution in [0.3, 0.4) is 0 Å². The second-order valence-electron chi connectivity index (χ2n) is 6.01. The second kappa shape index (κ2) is 9.11. The van der Waals surface area contributed by atoms with E-state index in [1.54, 1.807) is 0 Å². The molecular weight excluding hydrogens is 252 g/mol. The minimum atomic E-state index is -0.0480. The van der Waals surface area contributed by atoms with Gasteiger partial charge in [0.05, 0.1) is 6.17 Å². The molecule has 1 atom stereocenters. The lowest BCUT2D eigenvalue weighted by atomic mass is 10.1. The maximum Gasteiger partial charge on any atom is 0.231 e. The van der Waals surface area contributed by atoms with Crippen molar-refractivity contribution in [2.75, 3.05) is 14.1 Å². The Bertz CT molecular complexity index is 300. The monoisotopic (exact) mass is 282 g/mol. The third-order valence-electron chi connectivity index (χ3n) is 4.05. The van der Waals surface area contributed by atoms with E-state index in [1.807, 2.05) is 19.0 Å². The molecule has 4 heteroatoms. The van der Waals surface area contributed by atoms with Crippen molar-refractivity contribution in [1.82, 2.24) is 9.80 Å². The first-order valence-corrected chi connectivity index (χ1v) is 8.09. The molecule has 20 heavy (non-hydrogen) atoms. The van der Waals surface area contributed by atoms with Gasteiger partial charge in [-0.05, 0) is 20.5 Å². The molecule has 1 fully saturated rings. The number of carbonyl (C=O) groups is 2. The smallest absolute Gasteiger partial charge is 0.231 e. The zero-order chi connectivity index (χ0) is 15.0. The SMILES string of the molecule is CCCCCCCCCC(N(C)C)N1C(=O)CCC1=O. The minimum absolute atomic E-state index is 0.00311. The van der Waals surface area contributed by atoms with E-state index >= 15 is 0 Å². The number of hydrogen-bond acceptors (Lipinski definition) is 3. The van der Waals surface area contributed by atoms with Crippen LogP contribution in [0.5, 0.6) is 0 Å². The Morgan fingerprint density at radius 1 is 0.950 bits per heavy atom. The summed E-state index contributed by atoms with van der Waals surface area (Å²) in [5.74, 6) is -0.00621. The Morgan fingerprint density at radius 2 is 1.45 bits per heavy atom. The Hall–Kier alpha value is -0.900. The van der Waals surface area contributed by atoms with E-state index in [1.165, 1.54) is 43.4 Å². The summed E-state index contributed by atoms with van der Waals surface area (Å²) in [6, 6.07) is 0. The van der Waals surface area contributed by atoms with Crippen LogP contribution in [0.25, 0.3) is 0 Å². The van der Waals surface area contributed by atoms with Gasteiger partial charge in [0.2, 0.25) is 11.8 Å². The molecule has 2 amide bonds. The fourth-order valence-electron chi connectivity index (χ4n) is 2.83. The van der Waals surface area contributed by atoms with E-state index in [0.29, 0.717) is 12.8 Å². The van der Waals surface area contributed by atoms with Crippen LogP contribution in [-0.4, -0.2) is 41.9 Å². The standard InChI is InChI=1S/C16H30N2O2/c1-4-5-6-7-8-9-10-11-14(17(2)3)18-15(19)12-13-16(18)20/h14H,4-13H2,1-3H3. The molecule has 0 aromatic heterocycles. The number of hydrogen-bond donors (Lipinski definition) is 0. The molecule has 0 N–H and O–H groups in total. The van der Waals surface area contributed by atoms with Crippen molar-refractivity contribution >= 4 is 11.8 Å². The molecule has 0 aromatic rings. The van der Waals surface area contributed by atoms with Gasteiger partial charge in [-0.15, -0.1) is 0 Å². The van der Waals surface area contributed by atoms with E-state index in [-0.39, 0.29) is 18.0 Å². The average Bonchev–Trinajstić information content (AvgIpc) is 2.73. The minimum Gasteiger partial charge on any atom is -0.289 e. The number of nitrogens with zero attached hydrogens (tertiary/aromatic N) is 2. The van der Waals surface area contributed by atoms with Crippen LogP contribution in [0.1, 0.15) is 71.1 Å². The maximum absolute atomic E-state index is 11.8. The zero-order valence-electron chi connectivity index (χ0n) is 13.4. The lowest BCUT2D eigenvalue weighted by Crippen LogP contribution is -2.47. The third-order valence-corrected chi connectivity index (χ3v) is 4.05. The number of unbranched alkanes of at least 4 members (excludes halogenated alkanes) is 6. The maximum atomic E-state index is 11.8. The Kier molecular flexibility index (Phi) is 7.82. The molecule has 4 nitrogen and oxygen atoms in total. The molecule has 0 spiro atoms. The first-order valence-electron chi connectivity index (χ1n) is 8.09. The molecule has 1 rings (SSSR count). The van der Waals surface area contributed by atoms with Gasteiger partial charge in [0, 0.05) is 12.8 Å². The zero-order valence-corrected chi connectivity index (χ0v) is 13.4. The predicted octanol–water partition coefficient (Wildman–Crippen LogP) is 3.16. The van der Waals surface area contributed by atoms with Gasteiger partial charge in [0.15, 0.2) is 0 Å². The van der Waals surface area contributed by atoms with Crippen LogP contribution in [0.4, 0.5) is 0 Å². The van der Waals surface area contributed by atoms with Gasteiger partial charge >= 0.3 is 0 Å². The van der Waals surface area contributed by atoms with Crippen molar-refractivity contribution in [1.29, 1.82) is 0 Å². The predicted molar refractivity (Wildman–Crippen MR) is 81.2 cm³/mol. The van der Waals surface area contributed by atoms with E-state index in [4.69, 9.17) is 0 Å². The molecule has 1 saturated heterocycles. The van der Waals surface area contributed by atoms with Crippen molar-refractivity contribution in [3.63, 3.8) is 0 Å². The van der Waals surface area contributed by atoms with Gasteiger partial charge in [-0.2, -0.15) is 0 Å². The first-order chi connectivity index (χ1) is 9.57. The van der Waals surface area contributed by atoms with Crippen molar-refractivity contribution in [3.8, 4) is 0 Å². The highest BCUT2D eigenvalue weighted by Gasteiger charge is 2.35. The fourth-order valence-corrected chi connectivity index (χ4v) is 2.83. The summed E-state index contributed by atoms with van der Waals surface area (Å²) in [5.41, 5.74) is 0. The number of imide groups is 1. The molecular formula is C16H30N2O2. The second-order valence-corrected chi connectivity index (χ2v) is 6.01. The summed E-state index contributed by atoms with van der Waals surface area (Å²) >= 11 is 0. The molecule has 0 saturated carbocycles. The molecule has 1 unspecified atom stereocenters. The third kappa shape index (κ3) is 5.23. The number of amides is 2. The molecule has 1 heterocycles. The molecule has 0 aliphatic carbocycles. The highest BCUT2D eigenvalue weighted by Crippen LogP contribution is 2.21. The van der Waals surface area contributed by atoms with Crippen LogP contribution >= 0.6 is 0 Å². The quantitative estimate of drug-likeness (QED) is 0.456. The largest absolute Gasteiger partial charge is 0.289 e. The highest BCUT2D eigenvalue weighted by molar-refractivity contribution is 6.02. The summed E-state index contributed by atoms with van der Waals surface area (Å²) in [6.45, 7) is 2.23. The lowest BCUT2D eigenvalue weighted by molar-refractivity contribution is -0.145. The highest BCUT2D eigenvalue weighted by atomic mass is 16.2. The van der Waals surface area contributed by atoms with E-state index < -0.39 is 0 Å². The molecule has 0 aromatic carbocycles. The van der Waals surface area contributed by atoms with Crippen LogP contribution in [0, 0.1) is 0 Å². The summed E-state index contributed by atoms with van der Waals surface area (Å²) in [6.07, 6.45) is 10.4. The Balaban J connectivity index is 2.30. The van der Waals surface area contributed by atoms with E-state index in [2.05, 4.69) is 6.92 Å². The van der Waals surface area contributed by atoms with E-state index in [0.717, 1.165) is 12.8 Å². The van der Waals surface area contributed by atoms with Crippen LogP contribution < -0.4 is 0 Å². The van der Waals surface area contributed by atoms with Crippen LogP contribution in [0.15, 0.2) is 0 Å². The Morgan fingerprint density at radius 3 is 1.95 bits per heavy atom. The summed E-state index contributed by atoms with van der Waals surface area (Å²) < 4.78 is 0. The molecule has 116 valence electrons. The molecule has 1 aliphatic rings. The van der Waals surface area contributed by atoms with Gasteiger partial charge in [0.25, 0.3) is 0 Å². The Labute approximate surface area is 123 Å². The van der Waals surface area contributed by atoms with Gasteiger partial charge in [-0.25, -0.2) is 0 Å². The normalized spacial score (nSPS) is 17.3. The van der Waals surface area contributed by atoms with Crippen LogP contribution in [-0.2, 0) is 9.59 Å². The summed E-state index contributed by atoms with van der Waals surface area (Å²) in [7, 11) is 3.90. The lowest BCUT2D eigenvalue weighted by Gasteiger charge is -2.31. The summed E-state index contributed by atoms with van der Waals surface area (Å²) in [5, 5.41) is 0. The number of carbonyl (C=O) groups excluding carboxylic acids is 2. The van der Waals surface area contributed by atoms with Gasteiger partial charge in [-0.1, -0.05) is 51.9 Å². The van der Waals surface area contributed by atoms with Gasteiger partial charge in [-0.3, -0.25) is 19.4 Å². The van der Waals surface area contributed by atoms with Crippen molar-refractivity contribution in [2.24, 2.45) is 0 Å². The van der Waals surface area contributed by atoms with E-state index in [9.17, 15) is 9.59 Å². The van der Waals surface area contributed by atoms with Gasteiger partial charge < -0.3 is 0 Å². The number of likely N-dealkylation sites (tertiary alicyclic amines) is 1. The average molecular weight is 282 g/mol. The van der Waals surface area contributed by atoms with Crippen LogP contribution in [0.2, 0.25) is 0 Å². The molecule has 0 radical (unpaired) electrons. The fraction of sp³-hybridized carbons (Fsp3) is 0.875. The van der Waals surface area contributed by atoms with Gasteiger partial charge in [0.1, 0.15) is 0 Å². The molecule has 1 aliphatic heterocycles. The topological polar surface area (TPSA) is 40.6 Å².